The van der Waals surface area contributed by atoms with Gasteiger partial charge in [0.2, 0.25) is 0 Å². The lowest BCUT2D eigenvalue weighted by molar-refractivity contribution is -0.121. The molecule has 28 heavy (non-hydrogen) atoms. The van der Waals surface area contributed by atoms with E-state index in [0.29, 0.717) is 5.56 Å². The van der Waals surface area contributed by atoms with Gasteiger partial charge < -0.3 is 14.4 Å². The number of hydrazone groups is 1. The third kappa shape index (κ3) is 3.24. The van der Waals surface area contributed by atoms with E-state index in [2.05, 4.69) is 15.5 Å². The molecule has 146 valence electrons. The highest BCUT2D eigenvalue weighted by atomic mass is 16.5. The number of hydrogen-bond donors (Lipinski definition) is 2. The number of para-hydroxylation sites is 1. The van der Waals surface area contributed by atoms with Gasteiger partial charge in [0.25, 0.3) is 11.5 Å². The minimum Gasteiger partial charge on any atom is -0.504 e. The Morgan fingerprint density at radius 1 is 1.32 bits per heavy atom. The van der Waals surface area contributed by atoms with Gasteiger partial charge in [0.1, 0.15) is 12.2 Å². The van der Waals surface area contributed by atoms with Crippen LogP contribution in [0.5, 0.6) is 11.5 Å². The number of phenolic OH excluding ortho intramolecular Hbond substituents is 1. The number of ether oxygens (including phenoxy) is 1. The maximum atomic E-state index is 12.2. The van der Waals surface area contributed by atoms with Crippen LogP contribution in [0.15, 0.2) is 39.2 Å². The predicted molar refractivity (Wildman–Crippen MR) is 101 cm³/mol. The van der Waals surface area contributed by atoms with Gasteiger partial charge in [0.15, 0.2) is 17.0 Å². The molecule has 0 bridgehead atoms. The number of phenols is 1. The van der Waals surface area contributed by atoms with E-state index in [9.17, 15) is 19.5 Å². The van der Waals surface area contributed by atoms with Crippen molar-refractivity contribution >= 4 is 23.3 Å². The van der Waals surface area contributed by atoms with Crippen LogP contribution in [0.25, 0.3) is 11.2 Å². The first kappa shape index (κ1) is 18.9. The lowest BCUT2D eigenvalue weighted by Gasteiger charge is -2.08. The number of aryl methyl sites for hydroxylation is 1. The van der Waals surface area contributed by atoms with E-state index in [1.54, 1.807) is 18.2 Å². The van der Waals surface area contributed by atoms with Crippen LogP contribution in [0, 0.1) is 0 Å². The molecule has 0 atom stereocenters. The first-order valence-electron chi connectivity index (χ1n) is 8.14. The molecule has 2 heterocycles. The first-order chi connectivity index (χ1) is 13.3. The summed E-state index contributed by atoms with van der Waals surface area (Å²) < 4.78 is 8.57. The molecule has 0 saturated carbocycles. The van der Waals surface area contributed by atoms with Crippen molar-refractivity contribution < 1.29 is 14.6 Å². The van der Waals surface area contributed by atoms with E-state index in [-0.39, 0.29) is 29.2 Å². The fourth-order valence-electron chi connectivity index (χ4n) is 2.73. The Labute approximate surface area is 158 Å². The van der Waals surface area contributed by atoms with Gasteiger partial charge in [-0.1, -0.05) is 6.07 Å². The number of aromatic nitrogens is 4. The Morgan fingerprint density at radius 2 is 2.07 bits per heavy atom. The van der Waals surface area contributed by atoms with Crippen LogP contribution in [-0.2, 0) is 25.4 Å². The summed E-state index contributed by atoms with van der Waals surface area (Å²) in [5.74, 6) is -0.330. The summed E-state index contributed by atoms with van der Waals surface area (Å²) in [7, 11) is 4.27. The number of amides is 1. The SMILES string of the molecule is COc1cccc(/C=N/NC(=O)Cn2cnc3c(=O)n(C)c(=O)n(C)c32)c1O. The van der Waals surface area contributed by atoms with Crippen LogP contribution >= 0.6 is 0 Å². The molecule has 0 spiro atoms. The first-order valence-corrected chi connectivity index (χ1v) is 8.14. The zero-order valence-electron chi connectivity index (χ0n) is 15.4. The number of rotatable bonds is 5. The quantitative estimate of drug-likeness (QED) is 0.440. The minimum absolute atomic E-state index is 0.0854. The molecule has 0 aliphatic heterocycles. The number of methoxy groups -OCH3 is 1. The molecule has 0 aliphatic carbocycles. The minimum atomic E-state index is -0.538. The number of carbonyl (C=O) groups excluding carboxylic acids is 1. The molecule has 11 heteroatoms. The topological polar surface area (TPSA) is 133 Å². The van der Waals surface area contributed by atoms with Gasteiger partial charge in [-0.05, 0) is 12.1 Å². The molecule has 0 saturated heterocycles. The predicted octanol–water partition coefficient (Wildman–Crippen LogP) is -0.702. The fourth-order valence-corrected chi connectivity index (χ4v) is 2.73. The van der Waals surface area contributed by atoms with Gasteiger partial charge in [-0.2, -0.15) is 5.10 Å². The second-order valence-corrected chi connectivity index (χ2v) is 5.94. The Kier molecular flexibility index (Phi) is 4.98. The summed E-state index contributed by atoms with van der Waals surface area (Å²) >= 11 is 0. The van der Waals surface area contributed by atoms with Gasteiger partial charge >= 0.3 is 5.69 Å². The maximum Gasteiger partial charge on any atom is 0.332 e. The molecule has 1 aromatic carbocycles. The molecular formula is C17H18N6O5. The monoisotopic (exact) mass is 386 g/mol. The Balaban J connectivity index is 1.80. The molecule has 0 aliphatic rings. The van der Waals surface area contributed by atoms with Crippen LogP contribution in [0.4, 0.5) is 0 Å². The summed E-state index contributed by atoms with van der Waals surface area (Å²) in [6, 6.07) is 4.85. The summed E-state index contributed by atoms with van der Waals surface area (Å²) in [5.41, 5.74) is 1.94. The van der Waals surface area contributed by atoms with Gasteiger partial charge in [-0.25, -0.2) is 15.2 Å². The summed E-state index contributed by atoms with van der Waals surface area (Å²) in [5, 5.41) is 13.8. The van der Waals surface area contributed by atoms with Gasteiger partial charge in [-0.3, -0.25) is 18.7 Å². The van der Waals surface area contributed by atoms with E-state index >= 15 is 0 Å². The summed E-state index contributed by atoms with van der Waals surface area (Å²) in [6.07, 6.45) is 2.58. The van der Waals surface area contributed by atoms with Crippen molar-refractivity contribution in [2.24, 2.45) is 19.2 Å². The van der Waals surface area contributed by atoms with E-state index in [1.165, 1.54) is 42.9 Å². The molecule has 3 rings (SSSR count). The number of benzene rings is 1. The highest BCUT2D eigenvalue weighted by Gasteiger charge is 2.15. The number of nitrogens with zero attached hydrogens (tertiary/aromatic N) is 5. The van der Waals surface area contributed by atoms with Crippen molar-refractivity contribution in [1.29, 1.82) is 0 Å². The number of aromatic hydroxyl groups is 1. The molecular weight excluding hydrogens is 368 g/mol. The molecule has 0 fully saturated rings. The molecule has 2 N–H and O–H groups in total. The smallest absolute Gasteiger partial charge is 0.332 e. The van der Waals surface area contributed by atoms with E-state index < -0.39 is 17.2 Å². The van der Waals surface area contributed by atoms with Gasteiger partial charge in [0, 0.05) is 19.7 Å². The fraction of sp³-hybridized carbons (Fsp3) is 0.235. The van der Waals surface area contributed by atoms with Crippen LogP contribution in [0.3, 0.4) is 0 Å². The van der Waals surface area contributed by atoms with Crippen LogP contribution < -0.4 is 21.4 Å². The second kappa shape index (κ2) is 7.39. The van der Waals surface area contributed by atoms with Crippen molar-refractivity contribution in [3.8, 4) is 11.5 Å². The lowest BCUT2D eigenvalue weighted by Crippen LogP contribution is -2.37. The van der Waals surface area contributed by atoms with Crippen LogP contribution in [-0.4, -0.2) is 43.0 Å². The van der Waals surface area contributed by atoms with Crippen molar-refractivity contribution in [1.82, 2.24) is 24.1 Å². The van der Waals surface area contributed by atoms with Crippen LogP contribution in [0.1, 0.15) is 5.56 Å². The largest absolute Gasteiger partial charge is 0.504 e. The van der Waals surface area contributed by atoms with E-state index in [4.69, 9.17) is 4.74 Å². The average molecular weight is 386 g/mol. The molecule has 2 aromatic heterocycles. The van der Waals surface area contributed by atoms with Gasteiger partial charge in [0.05, 0.1) is 19.7 Å². The zero-order valence-corrected chi connectivity index (χ0v) is 15.4. The molecule has 11 nitrogen and oxygen atoms in total. The third-order valence-corrected chi connectivity index (χ3v) is 4.17. The van der Waals surface area contributed by atoms with Crippen molar-refractivity contribution in [3.05, 3.63) is 50.9 Å². The number of fused-ring (bicyclic) bond motifs is 1. The number of imidazole rings is 1. The maximum absolute atomic E-state index is 12.2. The summed E-state index contributed by atoms with van der Waals surface area (Å²) in [6.45, 7) is -0.210. The number of nitrogens with one attached hydrogen (secondary N) is 1. The molecule has 0 radical (unpaired) electrons. The highest BCUT2D eigenvalue weighted by Crippen LogP contribution is 2.27. The van der Waals surface area contributed by atoms with Crippen LogP contribution in [0.2, 0.25) is 0 Å². The van der Waals surface area contributed by atoms with Crippen molar-refractivity contribution in [2.45, 2.75) is 6.54 Å². The molecule has 3 aromatic rings. The Bertz CT molecular complexity index is 1200. The highest BCUT2D eigenvalue weighted by molar-refractivity contribution is 5.86. The molecule has 1 amide bonds. The van der Waals surface area contributed by atoms with Crippen molar-refractivity contribution in [3.63, 3.8) is 0 Å². The standard InChI is InChI=1S/C17H18N6O5/c1-21-15-13(16(26)22(2)17(21)27)18-9-23(15)8-12(24)20-19-7-10-5-4-6-11(28-3)14(10)25/h4-7,9,25H,8H2,1-3H3,(H,20,24)/b19-7+. The molecule has 0 unspecified atom stereocenters. The average Bonchev–Trinajstić information content (AvgIpc) is 3.09. The number of carbonyl (C=O) groups is 1. The van der Waals surface area contributed by atoms with E-state index in [0.717, 1.165) is 4.57 Å². The zero-order chi connectivity index (χ0) is 20.4. The van der Waals surface area contributed by atoms with Crippen molar-refractivity contribution in [2.75, 3.05) is 7.11 Å². The lowest BCUT2D eigenvalue weighted by atomic mass is 10.2. The van der Waals surface area contributed by atoms with E-state index in [1.807, 2.05) is 0 Å². The third-order valence-electron chi connectivity index (χ3n) is 4.17. The number of hydrogen-bond acceptors (Lipinski definition) is 7. The Hall–Kier alpha value is -3.89. The van der Waals surface area contributed by atoms with Gasteiger partial charge in [-0.15, -0.1) is 0 Å². The second-order valence-electron chi connectivity index (χ2n) is 5.94. The Morgan fingerprint density at radius 3 is 2.79 bits per heavy atom. The normalized spacial score (nSPS) is 11.2. The summed E-state index contributed by atoms with van der Waals surface area (Å²) in [4.78, 5) is 40.4.